The van der Waals surface area contributed by atoms with Crippen LogP contribution in [0.15, 0.2) is 53.4 Å². The van der Waals surface area contributed by atoms with Gasteiger partial charge in [0.15, 0.2) is 0 Å². The monoisotopic (exact) mass is 374 g/mol. The Kier molecular flexibility index (Phi) is 5.06. The summed E-state index contributed by atoms with van der Waals surface area (Å²) in [4.78, 5) is 28.0. The van der Waals surface area contributed by atoms with Gasteiger partial charge in [0.25, 0.3) is 5.91 Å². The molecular weight excluding hydrogens is 356 g/mol. The summed E-state index contributed by atoms with van der Waals surface area (Å²) in [6.45, 7) is 2.15. The fourth-order valence-electron chi connectivity index (χ4n) is 3.06. The number of carbonyl (C=O) groups excluding carboxylic acids is 2. The van der Waals surface area contributed by atoms with Gasteiger partial charge >= 0.3 is 6.03 Å². The summed E-state index contributed by atoms with van der Waals surface area (Å²) in [5.41, 5.74) is 0.642. The van der Waals surface area contributed by atoms with Crippen LogP contribution in [0.25, 0.3) is 0 Å². The first-order valence-corrected chi connectivity index (χ1v) is 9.63. The number of rotatable bonds is 5. The molecule has 1 aliphatic rings. The Hall–Kier alpha value is -1.98. The van der Waals surface area contributed by atoms with Gasteiger partial charge in [0.2, 0.25) is 0 Å². The van der Waals surface area contributed by atoms with E-state index in [0.29, 0.717) is 11.4 Å². The zero-order chi connectivity index (χ0) is 18.0. The van der Waals surface area contributed by atoms with Gasteiger partial charge in [-0.25, -0.2) is 4.79 Å². The molecule has 0 aliphatic carbocycles. The Labute approximate surface area is 156 Å². The molecule has 3 amide bonds. The topological polar surface area (TPSA) is 49.4 Å². The van der Waals surface area contributed by atoms with Gasteiger partial charge in [0, 0.05) is 9.92 Å². The van der Waals surface area contributed by atoms with Crippen molar-refractivity contribution in [2.75, 3.05) is 6.26 Å². The smallest absolute Gasteiger partial charge is 0.319 e. The molecule has 0 saturated carbocycles. The van der Waals surface area contributed by atoms with Crippen LogP contribution in [0.4, 0.5) is 4.79 Å². The lowest BCUT2D eigenvalue weighted by atomic mass is 9.87. The van der Waals surface area contributed by atoms with Gasteiger partial charge in [-0.1, -0.05) is 42.8 Å². The molecule has 6 heteroatoms. The predicted octanol–water partition coefficient (Wildman–Crippen LogP) is 4.42. The van der Waals surface area contributed by atoms with Crippen LogP contribution in [-0.4, -0.2) is 23.1 Å². The van der Waals surface area contributed by atoms with Crippen molar-refractivity contribution in [3.05, 3.63) is 64.7 Å². The average molecular weight is 375 g/mol. The molecule has 1 atom stereocenters. The van der Waals surface area contributed by atoms with Crippen molar-refractivity contribution in [3.8, 4) is 0 Å². The maximum Gasteiger partial charge on any atom is 0.325 e. The number of carbonyl (C=O) groups is 2. The van der Waals surface area contributed by atoms with Crippen LogP contribution >= 0.6 is 23.4 Å². The van der Waals surface area contributed by atoms with Crippen LogP contribution < -0.4 is 5.32 Å². The highest BCUT2D eigenvalue weighted by Crippen LogP contribution is 2.33. The van der Waals surface area contributed by atoms with Crippen molar-refractivity contribution in [3.63, 3.8) is 0 Å². The summed E-state index contributed by atoms with van der Waals surface area (Å²) in [6, 6.07) is 14.6. The molecule has 0 aromatic heterocycles. The standard InChI is InChI=1S/C19H19ClN2O2S/c1-3-19(14-6-8-15(20)9-7-14)17(23)22(18(24)21-19)12-13-4-10-16(25-2)11-5-13/h4-11H,3,12H2,1-2H3,(H,21,24). The molecule has 2 aromatic carbocycles. The number of nitrogens with one attached hydrogen (secondary N) is 1. The van der Waals surface area contributed by atoms with E-state index >= 15 is 0 Å². The van der Waals surface area contributed by atoms with Gasteiger partial charge < -0.3 is 5.32 Å². The summed E-state index contributed by atoms with van der Waals surface area (Å²) in [7, 11) is 0. The highest BCUT2D eigenvalue weighted by Gasteiger charge is 2.51. The summed E-state index contributed by atoms with van der Waals surface area (Å²) < 4.78 is 0. The highest BCUT2D eigenvalue weighted by atomic mass is 35.5. The van der Waals surface area contributed by atoms with Crippen molar-refractivity contribution in [2.24, 2.45) is 0 Å². The minimum atomic E-state index is -1.03. The SMILES string of the molecule is CCC1(c2ccc(Cl)cc2)NC(=O)N(Cc2ccc(SC)cc2)C1=O. The molecule has 1 unspecified atom stereocenters. The van der Waals surface area contributed by atoms with Gasteiger partial charge in [0.05, 0.1) is 6.54 Å². The second-order valence-electron chi connectivity index (χ2n) is 5.94. The summed E-state index contributed by atoms with van der Waals surface area (Å²) in [5.74, 6) is -0.226. The third-order valence-corrected chi connectivity index (χ3v) is 5.54. The molecule has 0 spiro atoms. The molecular formula is C19H19ClN2O2S. The van der Waals surface area contributed by atoms with E-state index in [4.69, 9.17) is 11.6 Å². The molecule has 0 radical (unpaired) electrons. The molecule has 1 aliphatic heterocycles. The van der Waals surface area contributed by atoms with E-state index in [2.05, 4.69) is 5.32 Å². The number of urea groups is 1. The number of hydrogen-bond donors (Lipinski definition) is 1. The van der Waals surface area contributed by atoms with Crippen LogP contribution in [0.3, 0.4) is 0 Å². The molecule has 3 rings (SSSR count). The van der Waals surface area contributed by atoms with Gasteiger partial charge in [-0.15, -0.1) is 11.8 Å². The van der Waals surface area contributed by atoms with Crippen LogP contribution in [0.1, 0.15) is 24.5 Å². The average Bonchev–Trinajstić information content (AvgIpc) is 2.88. The number of halogens is 1. The van der Waals surface area contributed by atoms with Crippen LogP contribution in [0.2, 0.25) is 5.02 Å². The maximum atomic E-state index is 13.1. The van der Waals surface area contributed by atoms with Crippen molar-refractivity contribution < 1.29 is 9.59 Å². The largest absolute Gasteiger partial charge is 0.325 e. The van der Waals surface area contributed by atoms with Crippen molar-refractivity contribution >= 4 is 35.3 Å². The minimum Gasteiger partial charge on any atom is -0.319 e. The Morgan fingerprint density at radius 1 is 1.08 bits per heavy atom. The number of benzene rings is 2. The molecule has 130 valence electrons. The van der Waals surface area contributed by atoms with E-state index < -0.39 is 5.54 Å². The van der Waals surface area contributed by atoms with Gasteiger partial charge in [0.1, 0.15) is 5.54 Å². The molecule has 1 heterocycles. The van der Waals surface area contributed by atoms with Gasteiger partial charge in [-0.3, -0.25) is 9.69 Å². The number of nitrogens with zero attached hydrogens (tertiary/aromatic N) is 1. The van der Waals surface area contributed by atoms with E-state index in [1.165, 1.54) is 4.90 Å². The second kappa shape index (κ2) is 7.10. The van der Waals surface area contributed by atoms with Gasteiger partial charge in [-0.2, -0.15) is 0 Å². The van der Waals surface area contributed by atoms with Crippen LogP contribution in [0.5, 0.6) is 0 Å². The minimum absolute atomic E-state index is 0.226. The molecule has 25 heavy (non-hydrogen) atoms. The maximum absolute atomic E-state index is 13.1. The lowest BCUT2D eigenvalue weighted by Gasteiger charge is -2.26. The zero-order valence-electron chi connectivity index (χ0n) is 14.1. The first-order valence-electron chi connectivity index (χ1n) is 8.03. The fraction of sp³-hybridized carbons (Fsp3) is 0.263. The van der Waals surface area contributed by atoms with E-state index in [9.17, 15) is 9.59 Å². The van der Waals surface area contributed by atoms with E-state index in [1.54, 1.807) is 36.0 Å². The lowest BCUT2D eigenvalue weighted by molar-refractivity contribution is -0.132. The van der Waals surface area contributed by atoms with E-state index in [0.717, 1.165) is 16.0 Å². The number of amides is 3. The molecule has 1 saturated heterocycles. The number of imide groups is 1. The first-order chi connectivity index (χ1) is 12.0. The Morgan fingerprint density at radius 3 is 2.28 bits per heavy atom. The lowest BCUT2D eigenvalue weighted by Crippen LogP contribution is -2.43. The Balaban J connectivity index is 1.88. The fourth-order valence-corrected chi connectivity index (χ4v) is 3.59. The Morgan fingerprint density at radius 2 is 1.72 bits per heavy atom. The predicted molar refractivity (Wildman–Crippen MR) is 101 cm³/mol. The summed E-state index contributed by atoms with van der Waals surface area (Å²) >= 11 is 7.60. The summed E-state index contributed by atoms with van der Waals surface area (Å²) in [6.07, 6.45) is 2.48. The van der Waals surface area contributed by atoms with Crippen LogP contribution in [-0.2, 0) is 16.9 Å². The number of thioether (sulfide) groups is 1. The summed E-state index contributed by atoms with van der Waals surface area (Å²) in [5, 5.41) is 3.48. The number of hydrogen-bond acceptors (Lipinski definition) is 3. The third kappa shape index (κ3) is 3.26. The third-order valence-electron chi connectivity index (χ3n) is 4.54. The van der Waals surface area contributed by atoms with Crippen molar-refractivity contribution in [2.45, 2.75) is 30.3 Å². The van der Waals surface area contributed by atoms with Crippen molar-refractivity contribution in [1.82, 2.24) is 10.2 Å². The molecule has 4 nitrogen and oxygen atoms in total. The van der Waals surface area contributed by atoms with Gasteiger partial charge in [-0.05, 0) is 48.1 Å². The zero-order valence-corrected chi connectivity index (χ0v) is 15.7. The Bertz CT molecular complexity index is 792. The molecule has 2 aromatic rings. The first kappa shape index (κ1) is 17.8. The van der Waals surface area contributed by atoms with E-state index in [1.807, 2.05) is 37.4 Å². The molecule has 0 bridgehead atoms. The van der Waals surface area contributed by atoms with E-state index in [-0.39, 0.29) is 18.5 Å². The highest BCUT2D eigenvalue weighted by molar-refractivity contribution is 7.98. The quantitative estimate of drug-likeness (QED) is 0.622. The normalized spacial score (nSPS) is 20.0. The van der Waals surface area contributed by atoms with Crippen LogP contribution in [0, 0.1) is 0 Å². The molecule has 1 N–H and O–H groups in total. The second-order valence-corrected chi connectivity index (χ2v) is 7.25. The van der Waals surface area contributed by atoms with Crippen molar-refractivity contribution in [1.29, 1.82) is 0 Å². The molecule has 1 fully saturated rings.